The van der Waals surface area contributed by atoms with E-state index in [-0.39, 0.29) is 8.65 Å². The molecule has 17 heavy (non-hydrogen) atoms. The molecule has 1 nitrogen and oxygen atoms in total. The molecule has 0 bridgehead atoms. The first kappa shape index (κ1) is 13.3. The molecular formula is C14H16Br2O. The molecule has 92 valence electrons. The van der Waals surface area contributed by atoms with Crippen LogP contribution in [0.2, 0.25) is 0 Å². The van der Waals surface area contributed by atoms with Gasteiger partial charge in [0.15, 0.2) is 0 Å². The maximum atomic E-state index is 5.67. The molecule has 1 aliphatic carbocycles. The number of hydrogen-bond acceptors (Lipinski definition) is 1. The van der Waals surface area contributed by atoms with Crippen LogP contribution < -0.4 is 0 Å². The number of benzene rings is 1. The Kier molecular flexibility index (Phi) is 4.11. The normalized spacial score (nSPS) is 26.3. The van der Waals surface area contributed by atoms with Gasteiger partial charge in [-0.05, 0) is 12.0 Å². The summed E-state index contributed by atoms with van der Waals surface area (Å²) >= 11 is 7.27. The molecule has 0 heterocycles. The van der Waals surface area contributed by atoms with E-state index in [1.54, 1.807) is 0 Å². The molecule has 1 unspecified atom stereocenters. The van der Waals surface area contributed by atoms with E-state index < -0.39 is 0 Å². The molecule has 0 saturated heterocycles. The molecular weight excluding hydrogens is 344 g/mol. The quantitative estimate of drug-likeness (QED) is 0.550. The average Bonchev–Trinajstić information content (AvgIpc) is 2.79. The summed E-state index contributed by atoms with van der Waals surface area (Å²) in [6, 6.07) is 10.3. The van der Waals surface area contributed by atoms with E-state index in [4.69, 9.17) is 4.74 Å². The zero-order valence-electron chi connectivity index (χ0n) is 9.83. The van der Waals surface area contributed by atoms with E-state index in [2.05, 4.69) is 63.1 Å². The molecule has 0 radical (unpaired) electrons. The van der Waals surface area contributed by atoms with Crippen molar-refractivity contribution in [3.8, 4) is 0 Å². The second-order valence-electron chi connectivity index (χ2n) is 4.77. The Morgan fingerprint density at radius 2 is 1.94 bits per heavy atom. The summed E-state index contributed by atoms with van der Waals surface area (Å²) in [5, 5.41) is 0. The highest BCUT2D eigenvalue weighted by Gasteiger charge is 2.61. The zero-order chi connectivity index (χ0) is 12.4. The van der Waals surface area contributed by atoms with Gasteiger partial charge in [0.2, 0.25) is 0 Å². The summed E-state index contributed by atoms with van der Waals surface area (Å²) in [5.41, 5.74) is 1.44. The molecule has 3 heteroatoms. The van der Waals surface area contributed by atoms with Gasteiger partial charge in [0.25, 0.3) is 0 Å². The average molecular weight is 360 g/mol. The van der Waals surface area contributed by atoms with Gasteiger partial charge < -0.3 is 4.74 Å². The topological polar surface area (TPSA) is 9.23 Å². The predicted octanol–water partition coefficient (Wildman–Crippen LogP) is 4.61. The molecule has 0 spiro atoms. The molecule has 0 amide bonds. The Labute approximate surface area is 120 Å². The lowest BCUT2D eigenvalue weighted by atomic mass is 10.2. The highest BCUT2D eigenvalue weighted by molar-refractivity contribution is 9.25. The third-order valence-corrected chi connectivity index (χ3v) is 5.59. The fourth-order valence-electron chi connectivity index (χ4n) is 1.70. The Morgan fingerprint density at radius 1 is 1.29 bits per heavy atom. The van der Waals surface area contributed by atoms with Crippen molar-refractivity contribution in [3.63, 3.8) is 0 Å². The van der Waals surface area contributed by atoms with Crippen LogP contribution in [0.4, 0.5) is 0 Å². The van der Waals surface area contributed by atoms with Gasteiger partial charge in [-0.15, -0.1) is 0 Å². The fourth-order valence-corrected chi connectivity index (χ4v) is 3.17. The number of ether oxygens (including phenoxy) is 1. The third-order valence-electron chi connectivity index (χ3n) is 3.11. The molecule has 1 fully saturated rings. The van der Waals surface area contributed by atoms with Crippen molar-refractivity contribution in [1.82, 2.24) is 0 Å². The van der Waals surface area contributed by atoms with Crippen molar-refractivity contribution in [2.75, 3.05) is 13.2 Å². The van der Waals surface area contributed by atoms with Crippen molar-refractivity contribution in [2.24, 2.45) is 5.41 Å². The highest BCUT2D eigenvalue weighted by Crippen LogP contribution is 2.66. The minimum atomic E-state index is 0.0934. The van der Waals surface area contributed by atoms with E-state index in [0.717, 1.165) is 13.0 Å². The first-order chi connectivity index (χ1) is 8.04. The monoisotopic (exact) mass is 358 g/mol. The standard InChI is InChI=1S/C14H16Br2O/c1-13(10-14(13,15)16)11-17-9-5-8-12-6-3-2-4-7-12/h2-8H,9-11H2,1H3/b8-5+. The lowest BCUT2D eigenvalue weighted by Gasteiger charge is -2.11. The highest BCUT2D eigenvalue weighted by atomic mass is 79.9. The van der Waals surface area contributed by atoms with Crippen LogP contribution in [0.25, 0.3) is 6.08 Å². The van der Waals surface area contributed by atoms with Crippen LogP contribution in [0.15, 0.2) is 36.4 Å². The number of alkyl halides is 2. The molecule has 0 aromatic heterocycles. The molecule has 1 aromatic rings. The molecule has 1 atom stereocenters. The zero-order valence-corrected chi connectivity index (χ0v) is 13.0. The van der Waals surface area contributed by atoms with Crippen LogP contribution in [0, 0.1) is 5.41 Å². The van der Waals surface area contributed by atoms with E-state index in [1.807, 2.05) is 18.2 Å². The van der Waals surface area contributed by atoms with Crippen LogP contribution in [0.1, 0.15) is 18.9 Å². The number of halogens is 2. The van der Waals surface area contributed by atoms with Crippen LogP contribution in [-0.2, 0) is 4.74 Å². The van der Waals surface area contributed by atoms with Crippen LogP contribution in [-0.4, -0.2) is 16.4 Å². The Hall–Kier alpha value is -0.120. The maximum Gasteiger partial charge on any atom is 0.0888 e. The molecule has 1 aromatic carbocycles. The van der Waals surface area contributed by atoms with Crippen molar-refractivity contribution >= 4 is 37.9 Å². The van der Waals surface area contributed by atoms with E-state index in [1.165, 1.54) is 5.56 Å². The molecule has 0 N–H and O–H groups in total. The minimum absolute atomic E-state index is 0.0934. The van der Waals surface area contributed by atoms with Crippen molar-refractivity contribution in [3.05, 3.63) is 42.0 Å². The van der Waals surface area contributed by atoms with Crippen molar-refractivity contribution < 1.29 is 4.74 Å². The Bertz CT molecular complexity index is 400. The van der Waals surface area contributed by atoms with E-state index in [0.29, 0.717) is 6.61 Å². The first-order valence-corrected chi connectivity index (χ1v) is 7.29. The summed E-state index contributed by atoms with van der Waals surface area (Å²) in [4.78, 5) is 0. The fraction of sp³-hybridized carbons (Fsp3) is 0.429. The molecule has 0 aliphatic heterocycles. The number of rotatable bonds is 5. The van der Waals surface area contributed by atoms with Gasteiger partial charge in [-0.3, -0.25) is 0 Å². The second kappa shape index (κ2) is 5.25. The third kappa shape index (κ3) is 3.43. The summed E-state index contributed by atoms with van der Waals surface area (Å²) in [6.45, 7) is 3.67. The van der Waals surface area contributed by atoms with Gasteiger partial charge in [0, 0.05) is 5.41 Å². The molecule has 1 saturated carbocycles. The summed E-state index contributed by atoms with van der Waals surface area (Å²) in [6.07, 6.45) is 5.26. The van der Waals surface area contributed by atoms with Crippen molar-refractivity contribution in [1.29, 1.82) is 0 Å². The van der Waals surface area contributed by atoms with Gasteiger partial charge in [-0.2, -0.15) is 0 Å². The Morgan fingerprint density at radius 3 is 2.53 bits per heavy atom. The SMILES string of the molecule is CC1(COC/C=C/c2ccccc2)CC1(Br)Br. The molecule has 2 rings (SSSR count). The maximum absolute atomic E-state index is 5.67. The van der Waals surface area contributed by atoms with Crippen LogP contribution in [0.3, 0.4) is 0 Å². The van der Waals surface area contributed by atoms with E-state index in [9.17, 15) is 0 Å². The summed E-state index contributed by atoms with van der Waals surface area (Å²) in [5.74, 6) is 0. The summed E-state index contributed by atoms with van der Waals surface area (Å²) < 4.78 is 5.76. The second-order valence-corrected chi connectivity index (χ2v) is 8.54. The first-order valence-electron chi connectivity index (χ1n) is 5.71. The molecule has 1 aliphatic rings. The Balaban J connectivity index is 1.69. The van der Waals surface area contributed by atoms with Gasteiger partial charge in [-0.25, -0.2) is 0 Å². The van der Waals surface area contributed by atoms with Crippen LogP contribution >= 0.6 is 31.9 Å². The van der Waals surface area contributed by atoms with Gasteiger partial charge in [-0.1, -0.05) is 81.3 Å². The van der Waals surface area contributed by atoms with Gasteiger partial charge in [0.05, 0.1) is 16.4 Å². The minimum Gasteiger partial charge on any atom is -0.377 e. The smallest absolute Gasteiger partial charge is 0.0888 e. The summed E-state index contributed by atoms with van der Waals surface area (Å²) in [7, 11) is 0. The largest absolute Gasteiger partial charge is 0.377 e. The lowest BCUT2D eigenvalue weighted by molar-refractivity contribution is 0.120. The van der Waals surface area contributed by atoms with Crippen molar-refractivity contribution in [2.45, 2.75) is 16.6 Å². The number of hydrogen-bond donors (Lipinski definition) is 0. The van der Waals surface area contributed by atoms with Crippen LogP contribution in [0.5, 0.6) is 0 Å². The lowest BCUT2D eigenvalue weighted by Crippen LogP contribution is -2.12. The van der Waals surface area contributed by atoms with Gasteiger partial charge in [0.1, 0.15) is 0 Å². The van der Waals surface area contributed by atoms with Gasteiger partial charge >= 0.3 is 0 Å². The predicted molar refractivity (Wildman–Crippen MR) is 79.6 cm³/mol. The van der Waals surface area contributed by atoms with E-state index >= 15 is 0 Å².